The van der Waals surface area contributed by atoms with Crippen molar-refractivity contribution in [1.29, 1.82) is 0 Å². The fourth-order valence-electron chi connectivity index (χ4n) is 1.73. The highest BCUT2D eigenvalue weighted by molar-refractivity contribution is 9.10. The van der Waals surface area contributed by atoms with E-state index in [0.29, 0.717) is 4.47 Å². The number of nitrogens with zero attached hydrogens (tertiary/aromatic N) is 2. The fraction of sp³-hybridized carbons (Fsp3) is 0.231. The molecule has 0 saturated heterocycles. The maximum Gasteiger partial charge on any atom is 0.336 e. The van der Waals surface area contributed by atoms with Gasteiger partial charge in [-0.3, -0.25) is 4.68 Å². The van der Waals surface area contributed by atoms with Crippen LogP contribution in [-0.4, -0.2) is 27.4 Å². The fourth-order valence-corrected chi connectivity index (χ4v) is 2.28. The Morgan fingerprint density at radius 1 is 1.47 bits per heavy atom. The normalized spacial score (nSPS) is 10.4. The third-order valence-corrected chi connectivity index (χ3v) is 3.33. The van der Waals surface area contributed by atoms with Crippen LogP contribution in [0.5, 0.6) is 0 Å². The number of aromatic carboxylic acids is 1. The molecule has 1 aromatic heterocycles. The van der Waals surface area contributed by atoms with E-state index >= 15 is 0 Å². The highest BCUT2D eigenvalue weighted by atomic mass is 79.9. The number of rotatable bonds is 5. The summed E-state index contributed by atoms with van der Waals surface area (Å²) in [4.78, 5) is 10.9. The number of nitrogens with one attached hydrogen (secondary N) is 1. The number of benzene rings is 1. The van der Waals surface area contributed by atoms with Crippen LogP contribution in [0, 0.1) is 0 Å². The van der Waals surface area contributed by atoms with E-state index in [2.05, 4.69) is 26.3 Å². The largest absolute Gasteiger partial charge is 0.478 e. The highest BCUT2D eigenvalue weighted by Crippen LogP contribution is 2.21. The summed E-state index contributed by atoms with van der Waals surface area (Å²) < 4.78 is 2.34. The van der Waals surface area contributed by atoms with Gasteiger partial charge in [0.15, 0.2) is 0 Å². The number of hydrogen-bond donors (Lipinski definition) is 2. The first kappa shape index (κ1) is 13.6. The van der Waals surface area contributed by atoms with Crippen LogP contribution in [0.4, 0.5) is 5.69 Å². The van der Waals surface area contributed by atoms with Gasteiger partial charge in [0.1, 0.15) is 0 Å². The van der Waals surface area contributed by atoms with Gasteiger partial charge in [0.25, 0.3) is 0 Å². The molecule has 1 aromatic carbocycles. The van der Waals surface area contributed by atoms with E-state index in [9.17, 15) is 4.79 Å². The van der Waals surface area contributed by atoms with E-state index in [1.807, 2.05) is 19.3 Å². The maximum absolute atomic E-state index is 10.9. The predicted molar refractivity (Wildman–Crippen MR) is 76.5 cm³/mol. The van der Waals surface area contributed by atoms with Gasteiger partial charge in [0.05, 0.1) is 11.3 Å². The minimum atomic E-state index is -0.938. The summed E-state index contributed by atoms with van der Waals surface area (Å²) in [7, 11) is 1.89. The molecule has 0 unspecified atom stereocenters. The molecule has 0 atom stereocenters. The van der Waals surface area contributed by atoms with Crippen molar-refractivity contribution >= 4 is 27.6 Å². The minimum absolute atomic E-state index is 0.260. The summed E-state index contributed by atoms with van der Waals surface area (Å²) in [6.07, 6.45) is 2.73. The molecule has 0 aliphatic carbocycles. The van der Waals surface area contributed by atoms with Gasteiger partial charge < -0.3 is 10.4 Å². The van der Waals surface area contributed by atoms with Crippen molar-refractivity contribution in [3.05, 3.63) is 46.2 Å². The lowest BCUT2D eigenvalue weighted by molar-refractivity contribution is 0.0696. The van der Waals surface area contributed by atoms with Crippen molar-refractivity contribution in [1.82, 2.24) is 9.78 Å². The third kappa shape index (κ3) is 3.57. The lowest BCUT2D eigenvalue weighted by Gasteiger charge is -2.07. The molecule has 0 saturated carbocycles. The number of aromatic nitrogens is 2. The molecule has 6 heteroatoms. The summed E-state index contributed by atoms with van der Waals surface area (Å²) in [5.41, 5.74) is 2.17. The molecule has 0 bridgehead atoms. The van der Waals surface area contributed by atoms with Crippen LogP contribution in [0.2, 0.25) is 0 Å². The topological polar surface area (TPSA) is 67.2 Å². The second-order valence-corrected chi connectivity index (χ2v) is 5.01. The van der Waals surface area contributed by atoms with Gasteiger partial charge in [-0.1, -0.05) is 0 Å². The van der Waals surface area contributed by atoms with Crippen LogP contribution in [0.1, 0.15) is 16.1 Å². The zero-order chi connectivity index (χ0) is 13.8. The summed E-state index contributed by atoms with van der Waals surface area (Å²) >= 11 is 3.25. The molecule has 19 heavy (non-hydrogen) atoms. The molecule has 2 N–H and O–H groups in total. The third-order valence-electron chi connectivity index (χ3n) is 2.68. The van der Waals surface area contributed by atoms with E-state index in [0.717, 1.165) is 24.3 Å². The van der Waals surface area contributed by atoms with Gasteiger partial charge in [-0.2, -0.15) is 5.10 Å². The predicted octanol–water partition coefficient (Wildman–Crippen LogP) is 2.54. The Morgan fingerprint density at radius 3 is 2.84 bits per heavy atom. The molecule has 0 aliphatic heterocycles. The highest BCUT2D eigenvalue weighted by Gasteiger charge is 2.08. The van der Waals surface area contributed by atoms with Gasteiger partial charge in [-0.25, -0.2) is 4.79 Å². The van der Waals surface area contributed by atoms with Crippen LogP contribution in [0.15, 0.2) is 34.9 Å². The first-order chi connectivity index (χ1) is 9.06. The zero-order valence-corrected chi connectivity index (χ0v) is 12.0. The molecule has 0 aliphatic rings. The Labute approximate surface area is 119 Å². The average molecular weight is 324 g/mol. The Kier molecular flexibility index (Phi) is 4.21. The zero-order valence-electron chi connectivity index (χ0n) is 10.4. The molecule has 5 nitrogen and oxygen atoms in total. The van der Waals surface area contributed by atoms with Crippen LogP contribution < -0.4 is 5.32 Å². The summed E-state index contributed by atoms with van der Waals surface area (Å²) in [5, 5.41) is 16.4. The van der Waals surface area contributed by atoms with Crippen LogP contribution in [0.25, 0.3) is 0 Å². The van der Waals surface area contributed by atoms with Crippen molar-refractivity contribution in [2.75, 3.05) is 11.9 Å². The Bertz CT molecular complexity index is 595. The monoisotopic (exact) mass is 323 g/mol. The smallest absolute Gasteiger partial charge is 0.336 e. The van der Waals surface area contributed by atoms with Crippen molar-refractivity contribution in [2.45, 2.75) is 6.42 Å². The van der Waals surface area contributed by atoms with E-state index in [4.69, 9.17) is 5.11 Å². The van der Waals surface area contributed by atoms with Gasteiger partial charge in [0, 0.05) is 36.4 Å². The summed E-state index contributed by atoms with van der Waals surface area (Å²) in [6.45, 7) is 0.746. The second-order valence-electron chi connectivity index (χ2n) is 4.16. The molecular formula is C13H14BrN3O2. The van der Waals surface area contributed by atoms with Gasteiger partial charge in [-0.15, -0.1) is 0 Å². The van der Waals surface area contributed by atoms with E-state index < -0.39 is 5.97 Å². The Hall–Kier alpha value is -1.82. The molecule has 0 spiro atoms. The number of carboxylic acid groups (broad SMARTS) is 1. The number of hydrogen-bond acceptors (Lipinski definition) is 3. The van der Waals surface area contributed by atoms with Crippen molar-refractivity contribution < 1.29 is 9.90 Å². The molecule has 1 heterocycles. The summed E-state index contributed by atoms with van der Waals surface area (Å²) in [5.74, 6) is -0.938. The number of aryl methyl sites for hydroxylation is 1. The molecule has 0 fully saturated rings. The number of anilines is 1. The molecule has 2 rings (SSSR count). The Morgan fingerprint density at radius 2 is 2.26 bits per heavy atom. The standard InChI is InChI=1S/C13H14BrN3O2/c1-17-7-5-9(16-17)4-6-15-10-2-3-11(13(18)19)12(14)8-10/h2-3,5,7-8,15H,4,6H2,1H3,(H,18,19). The van der Waals surface area contributed by atoms with Crippen LogP contribution in [-0.2, 0) is 13.5 Å². The molecule has 2 aromatic rings. The van der Waals surface area contributed by atoms with Crippen molar-refractivity contribution in [3.63, 3.8) is 0 Å². The van der Waals surface area contributed by atoms with Crippen molar-refractivity contribution in [3.8, 4) is 0 Å². The summed E-state index contributed by atoms with van der Waals surface area (Å²) in [6, 6.07) is 7.08. The quantitative estimate of drug-likeness (QED) is 0.887. The SMILES string of the molecule is Cn1ccc(CCNc2ccc(C(=O)O)c(Br)c2)n1. The van der Waals surface area contributed by atoms with Gasteiger partial charge in [-0.05, 0) is 40.2 Å². The Balaban J connectivity index is 1.93. The van der Waals surface area contributed by atoms with Crippen molar-refractivity contribution in [2.24, 2.45) is 7.05 Å². The van der Waals surface area contributed by atoms with Crippen LogP contribution >= 0.6 is 15.9 Å². The maximum atomic E-state index is 10.9. The average Bonchev–Trinajstić information content (AvgIpc) is 2.75. The molecule has 0 amide bonds. The van der Waals surface area contributed by atoms with Gasteiger partial charge in [0.2, 0.25) is 0 Å². The van der Waals surface area contributed by atoms with E-state index in [-0.39, 0.29) is 5.56 Å². The minimum Gasteiger partial charge on any atom is -0.478 e. The van der Waals surface area contributed by atoms with E-state index in [1.165, 1.54) is 0 Å². The lowest BCUT2D eigenvalue weighted by atomic mass is 10.2. The van der Waals surface area contributed by atoms with E-state index in [1.54, 1.807) is 22.9 Å². The second kappa shape index (κ2) is 5.88. The lowest BCUT2D eigenvalue weighted by Crippen LogP contribution is -2.06. The molecule has 0 radical (unpaired) electrons. The number of carboxylic acids is 1. The molecule has 100 valence electrons. The molecular weight excluding hydrogens is 310 g/mol. The van der Waals surface area contributed by atoms with Crippen LogP contribution in [0.3, 0.4) is 0 Å². The van der Waals surface area contributed by atoms with Gasteiger partial charge >= 0.3 is 5.97 Å². The first-order valence-corrected chi connectivity index (χ1v) is 6.61. The number of halogens is 1. The number of carbonyl (C=O) groups is 1. The first-order valence-electron chi connectivity index (χ1n) is 5.81.